The number of ether oxygens (including phenoxy) is 1. The maximum atomic E-state index is 12.4. The number of benzene rings is 1. The number of nitrogens with zero attached hydrogens (tertiary/aromatic N) is 1. The normalized spacial score (nSPS) is 19.2. The van der Waals surface area contributed by atoms with Crippen LogP contribution in [0.25, 0.3) is 0 Å². The van der Waals surface area contributed by atoms with Gasteiger partial charge in [0.1, 0.15) is 5.60 Å². The second-order valence-corrected chi connectivity index (χ2v) is 9.53. The van der Waals surface area contributed by atoms with Gasteiger partial charge in [-0.05, 0) is 51.3 Å². The lowest BCUT2D eigenvalue weighted by atomic mass is 9.99. The van der Waals surface area contributed by atoms with E-state index < -0.39 is 20.7 Å². The number of rotatable bonds is 1. The molecule has 2 aliphatic rings. The Morgan fingerprint density at radius 1 is 1.32 bits per heavy atom. The van der Waals surface area contributed by atoms with Crippen LogP contribution < -0.4 is 4.90 Å². The minimum Gasteiger partial charge on any atom is -0.443 e. The highest BCUT2D eigenvalue weighted by Crippen LogP contribution is 2.57. The van der Waals surface area contributed by atoms with Crippen LogP contribution in [0.4, 0.5) is 10.5 Å². The van der Waals surface area contributed by atoms with Gasteiger partial charge in [0.15, 0.2) is 0 Å². The minimum atomic E-state index is -3.83. The first-order valence-corrected chi connectivity index (χ1v) is 9.43. The second kappa shape index (κ2) is 4.61. The van der Waals surface area contributed by atoms with Crippen LogP contribution in [0.2, 0.25) is 0 Å². The number of amides is 1. The lowest BCUT2D eigenvalue weighted by molar-refractivity contribution is 0.0581. The van der Waals surface area contributed by atoms with Crippen LogP contribution in [0.5, 0.6) is 0 Å². The molecule has 1 heterocycles. The van der Waals surface area contributed by atoms with E-state index in [2.05, 4.69) is 0 Å². The summed E-state index contributed by atoms with van der Waals surface area (Å²) in [6.45, 7) is 5.93. The quantitative estimate of drug-likeness (QED) is 0.733. The van der Waals surface area contributed by atoms with Crippen LogP contribution in [0.3, 0.4) is 0 Å². The maximum Gasteiger partial charge on any atom is 0.414 e. The Labute approximate surface area is 134 Å². The SMILES string of the molecule is CC(C)(C)OC(=O)N1CC2(CC2)c2ccc(S(=O)(=O)Cl)cc21. The summed E-state index contributed by atoms with van der Waals surface area (Å²) in [5, 5.41) is 0. The number of anilines is 1. The number of hydrogen-bond acceptors (Lipinski definition) is 4. The summed E-state index contributed by atoms with van der Waals surface area (Å²) in [5.41, 5.74) is 0.948. The molecule has 5 nitrogen and oxygen atoms in total. The molecule has 1 fully saturated rings. The second-order valence-electron chi connectivity index (χ2n) is 6.96. The molecule has 1 aromatic carbocycles. The van der Waals surface area contributed by atoms with E-state index in [-0.39, 0.29) is 10.3 Å². The number of carbonyl (C=O) groups is 1. The molecule has 0 saturated heterocycles. The zero-order valence-corrected chi connectivity index (χ0v) is 14.3. The molecule has 1 aliphatic carbocycles. The van der Waals surface area contributed by atoms with Crippen LogP contribution in [0.1, 0.15) is 39.2 Å². The lowest BCUT2D eigenvalue weighted by Crippen LogP contribution is -2.37. The summed E-state index contributed by atoms with van der Waals surface area (Å²) in [6, 6.07) is 4.73. The topological polar surface area (TPSA) is 63.7 Å². The van der Waals surface area contributed by atoms with Gasteiger partial charge in [0.05, 0.1) is 10.6 Å². The Hall–Kier alpha value is -1.27. The number of halogens is 1. The Balaban J connectivity index is 2.02. The summed E-state index contributed by atoms with van der Waals surface area (Å²) in [4.78, 5) is 13.9. The van der Waals surface area contributed by atoms with E-state index in [4.69, 9.17) is 15.4 Å². The third kappa shape index (κ3) is 2.70. The van der Waals surface area contributed by atoms with Crippen molar-refractivity contribution >= 4 is 31.5 Å². The van der Waals surface area contributed by atoms with Gasteiger partial charge in [-0.15, -0.1) is 0 Å². The fourth-order valence-electron chi connectivity index (χ4n) is 2.87. The van der Waals surface area contributed by atoms with Crippen LogP contribution in [-0.4, -0.2) is 26.7 Å². The number of hydrogen-bond donors (Lipinski definition) is 0. The van der Waals surface area contributed by atoms with Gasteiger partial charge >= 0.3 is 6.09 Å². The predicted octanol–water partition coefficient (Wildman–Crippen LogP) is 3.40. The highest BCUT2D eigenvalue weighted by atomic mass is 35.7. The van der Waals surface area contributed by atoms with Crippen molar-refractivity contribution in [2.45, 2.75) is 49.5 Å². The fraction of sp³-hybridized carbons (Fsp3) is 0.533. The van der Waals surface area contributed by atoms with Gasteiger partial charge in [0.2, 0.25) is 0 Å². The first-order chi connectivity index (χ1) is 10.0. The average Bonchev–Trinajstić information content (AvgIpc) is 3.04. The molecule has 0 unspecified atom stereocenters. The molecule has 1 aliphatic heterocycles. The van der Waals surface area contributed by atoms with Gasteiger partial charge in [0.25, 0.3) is 9.05 Å². The summed E-state index contributed by atoms with van der Waals surface area (Å²) >= 11 is 0. The number of carbonyl (C=O) groups excluding carboxylic acids is 1. The van der Waals surface area contributed by atoms with Crippen molar-refractivity contribution in [3.8, 4) is 0 Å². The third-order valence-corrected chi connectivity index (χ3v) is 5.39. The van der Waals surface area contributed by atoms with E-state index in [0.29, 0.717) is 12.2 Å². The van der Waals surface area contributed by atoms with Crippen LogP contribution in [0.15, 0.2) is 23.1 Å². The van der Waals surface area contributed by atoms with Gasteiger partial charge in [-0.3, -0.25) is 4.90 Å². The summed E-state index contributed by atoms with van der Waals surface area (Å²) < 4.78 is 28.5. The van der Waals surface area contributed by atoms with Crippen LogP contribution >= 0.6 is 10.7 Å². The van der Waals surface area contributed by atoms with Crippen LogP contribution in [-0.2, 0) is 19.2 Å². The molecule has 0 radical (unpaired) electrons. The molecule has 1 spiro atoms. The molecule has 1 amide bonds. The maximum absolute atomic E-state index is 12.4. The molecule has 1 saturated carbocycles. The van der Waals surface area contributed by atoms with E-state index in [1.54, 1.807) is 26.8 Å². The summed E-state index contributed by atoms with van der Waals surface area (Å²) in [5.74, 6) is 0. The van der Waals surface area contributed by atoms with Crippen molar-refractivity contribution in [3.05, 3.63) is 23.8 Å². The predicted molar refractivity (Wildman–Crippen MR) is 84.0 cm³/mol. The van der Waals surface area contributed by atoms with Crippen molar-refractivity contribution in [1.82, 2.24) is 0 Å². The Kier molecular flexibility index (Phi) is 3.28. The molecule has 120 valence electrons. The lowest BCUT2D eigenvalue weighted by Gasteiger charge is -2.25. The van der Waals surface area contributed by atoms with Crippen molar-refractivity contribution in [2.75, 3.05) is 11.4 Å². The van der Waals surface area contributed by atoms with E-state index in [1.165, 1.54) is 17.0 Å². The molecule has 7 heteroatoms. The first kappa shape index (κ1) is 15.6. The van der Waals surface area contributed by atoms with Gasteiger partial charge in [0, 0.05) is 22.6 Å². The molecule has 0 atom stereocenters. The van der Waals surface area contributed by atoms with E-state index in [1.807, 2.05) is 0 Å². The minimum absolute atomic E-state index is 0.000764. The largest absolute Gasteiger partial charge is 0.443 e. The summed E-state index contributed by atoms with van der Waals surface area (Å²) in [6.07, 6.45) is 1.53. The van der Waals surface area contributed by atoms with Gasteiger partial charge in [-0.1, -0.05) is 6.07 Å². The molecule has 3 rings (SSSR count). The van der Waals surface area contributed by atoms with Gasteiger partial charge in [-0.25, -0.2) is 13.2 Å². The Morgan fingerprint density at radius 3 is 2.45 bits per heavy atom. The Morgan fingerprint density at radius 2 is 1.95 bits per heavy atom. The zero-order chi connectivity index (χ0) is 16.3. The summed E-state index contributed by atoms with van der Waals surface area (Å²) in [7, 11) is 1.59. The van der Waals surface area contributed by atoms with E-state index in [9.17, 15) is 13.2 Å². The molecule has 0 aromatic heterocycles. The van der Waals surface area contributed by atoms with E-state index >= 15 is 0 Å². The zero-order valence-electron chi connectivity index (χ0n) is 12.7. The molecule has 1 aromatic rings. The third-order valence-electron chi connectivity index (χ3n) is 4.04. The highest BCUT2D eigenvalue weighted by Gasteiger charge is 2.53. The fourth-order valence-corrected chi connectivity index (χ4v) is 3.64. The molecular formula is C15H18ClNO4S. The van der Waals surface area contributed by atoms with Crippen molar-refractivity contribution in [1.29, 1.82) is 0 Å². The molecule has 0 N–H and O–H groups in total. The molecule has 0 bridgehead atoms. The van der Waals surface area contributed by atoms with Crippen molar-refractivity contribution in [3.63, 3.8) is 0 Å². The molecule has 22 heavy (non-hydrogen) atoms. The van der Waals surface area contributed by atoms with Crippen molar-refractivity contribution < 1.29 is 17.9 Å². The van der Waals surface area contributed by atoms with Crippen LogP contribution in [0, 0.1) is 0 Å². The number of fused-ring (bicyclic) bond motifs is 2. The van der Waals surface area contributed by atoms with Gasteiger partial charge < -0.3 is 4.74 Å². The van der Waals surface area contributed by atoms with Gasteiger partial charge in [-0.2, -0.15) is 0 Å². The smallest absolute Gasteiger partial charge is 0.414 e. The van der Waals surface area contributed by atoms with Crippen molar-refractivity contribution in [2.24, 2.45) is 0 Å². The average molecular weight is 344 g/mol. The standard InChI is InChI=1S/C15H18ClNO4S/c1-14(2,3)21-13(18)17-9-15(6-7-15)11-5-4-10(8-12(11)17)22(16,19)20/h4-5,8H,6-7,9H2,1-3H3. The Bertz CT molecular complexity index is 747. The van der Waals surface area contributed by atoms with E-state index in [0.717, 1.165) is 18.4 Å². The first-order valence-electron chi connectivity index (χ1n) is 7.12. The molecular weight excluding hydrogens is 326 g/mol. The highest BCUT2D eigenvalue weighted by molar-refractivity contribution is 8.13. The monoisotopic (exact) mass is 343 g/mol.